The van der Waals surface area contributed by atoms with Crippen molar-refractivity contribution < 1.29 is 4.74 Å². The average molecular weight is 261 g/mol. The molecular weight excluding hydrogens is 242 g/mol. The number of nitrogens with one attached hydrogen (secondary N) is 1. The number of hydrogen-bond donors (Lipinski definition) is 1. The van der Waals surface area contributed by atoms with Crippen molar-refractivity contribution in [3.63, 3.8) is 0 Å². The van der Waals surface area contributed by atoms with Gasteiger partial charge in [0.15, 0.2) is 0 Å². The number of anilines is 1. The van der Waals surface area contributed by atoms with Crippen LogP contribution >= 0.6 is 0 Å². The number of methoxy groups -OCH3 is 1. The van der Waals surface area contributed by atoms with Crippen LogP contribution in [-0.2, 0) is 0 Å². The van der Waals surface area contributed by atoms with E-state index in [1.165, 1.54) is 0 Å². The minimum absolute atomic E-state index is 0.145. The minimum atomic E-state index is 0.145. The first-order valence-electron chi connectivity index (χ1n) is 6.24. The molecule has 0 aromatic carbocycles. The topological polar surface area (TPSA) is 64.9 Å². The molecule has 6 heteroatoms. The zero-order valence-electron chi connectivity index (χ0n) is 11.7. The maximum Gasteiger partial charge on any atom is 0.226 e. The van der Waals surface area contributed by atoms with Crippen LogP contribution in [0.25, 0.3) is 0 Å². The van der Waals surface area contributed by atoms with Crippen molar-refractivity contribution in [2.24, 2.45) is 0 Å². The lowest BCUT2D eigenvalue weighted by atomic mass is 10.2. The fourth-order valence-electron chi connectivity index (χ4n) is 1.73. The molecule has 0 aliphatic rings. The Hall–Kier alpha value is -2.11. The number of rotatable bonds is 5. The zero-order valence-corrected chi connectivity index (χ0v) is 11.7. The van der Waals surface area contributed by atoms with E-state index in [-0.39, 0.29) is 12.1 Å². The normalized spacial score (nSPS) is 13.9. The molecule has 0 fully saturated rings. The zero-order chi connectivity index (χ0) is 13.8. The molecule has 6 nitrogen and oxygen atoms in total. The maximum atomic E-state index is 5.08. The monoisotopic (exact) mass is 261 g/mol. The van der Waals surface area contributed by atoms with Crippen LogP contribution in [0, 0.1) is 6.92 Å². The largest absolute Gasteiger partial charge is 0.481 e. The summed E-state index contributed by atoms with van der Waals surface area (Å²) in [6, 6.07) is 2.06. The molecule has 0 aliphatic heterocycles. The third kappa shape index (κ3) is 3.21. The first-order valence-corrected chi connectivity index (χ1v) is 6.24. The van der Waals surface area contributed by atoms with E-state index in [0.717, 1.165) is 5.56 Å². The highest BCUT2D eigenvalue weighted by molar-refractivity contribution is 5.29. The standard InChI is InChI=1S/C13H19N5O/c1-9-7-15-18(8-9)11(3)10(2)16-13-14-6-5-12(17-13)19-4/h5-8,10-11H,1-4H3,(H,14,16,17)/t10-,11+/m0/s1. The van der Waals surface area contributed by atoms with Crippen molar-refractivity contribution in [2.45, 2.75) is 32.9 Å². The van der Waals surface area contributed by atoms with Gasteiger partial charge in [-0.1, -0.05) is 0 Å². The third-order valence-corrected chi connectivity index (χ3v) is 3.07. The Balaban J connectivity index is 2.05. The summed E-state index contributed by atoms with van der Waals surface area (Å²) in [5.41, 5.74) is 1.15. The second kappa shape index (κ2) is 5.69. The van der Waals surface area contributed by atoms with Crippen LogP contribution in [-0.4, -0.2) is 32.9 Å². The quantitative estimate of drug-likeness (QED) is 0.892. The number of ether oxygens (including phenoxy) is 1. The van der Waals surface area contributed by atoms with Gasteiger partial charge >= 0.3 is 0 Å². The molecule has 0 saturated carbocycles. The van der Waals surface area contributed by atoms with Gasteiger partial charge < -0.3 is 10.1 Å². The highest BCUT2D eigenvalue weighted by Gasteiger charge is 2.15. The maximum absolute atomic E-state index is 5.08. The highest BCUT2D eigenvalue weighted by atomic mass is 16.5. The summed E-state index contributed by atoms with van der Waals surface area (Å²) < 4.78 is 7.01. The summed E-state index contributed by atoms with van der Waals surface area (Å²) >= 11 is 0. The summed E-state index contributed by atoms with van der Waals surface area (Å²) in [7, 11) is 1.59. The molecule has 1 N–H and O–H groups in total. The molecule has 2 atom stereocenters. The van der Waals surface area contributed by atoms with Crippen molar-refractivity contribution in [3.05, 3.63) is 30.2 Å². The van der Waals surface area contributed by atoms with Crippen molar-refractivity contribution in [2.75, 3.05) is 12.4 Å². The van der Waals surface area contributed by atoms with Crippen molar-refractivity contribution in [3.8, 4) is 5.88 Å². The van der Waals surface area contributed by atoms with Gasteiger partial charge in [0.25, 0.3) is 0 Å². The van der Waals surface area contributed by atoms with E-state index in [9.17, 15) is 0 Å². The predicted molar refractivity (Wildman–Crippen MR) is 73.3 cm³/mol. The first-order chi connectivity index (χ1) is 9.10. The van der Waals surface area contributed by atoms with E-state index in [1.54, 1.807) is 19.4 Å². The van der Waals surface area contributed by atoms with E-state index >= 15 is 0 Å². The van der Waals surface area contributed by atoms with Crippen LogP contribution in [0.1, 0.15) is 25.5 Å². The summed E-state index contributed by atoms with van der Waals surface area (Å²) in [6.45, 7) is 6.20. The van der Waals surface area contributed by atoms with Gasteiger partial charge in [-0.2, -0.15) is 10.1 Å². The lowest BCUT2D eigenvalue weighted by Crippen LogP contribution is -2.27. The summed E-state index contributed by atoms with van der Waals surface area (Å²) in [6.07, 6.45) is 5.55. The molecule has 0 aliphatic carbocycles. The predicted octanol–water partition coefficient (Wildman–Crippen LogP) is 2.05. The fourth-order valence-corrected chi connectivity index (χ4v) is 1.73. The fraction of sp³-hybridized carbons (Fsp3) is 0.462. The van der Waals surface area contributed by atoms with Crippen molar-refractivity contribution >= 4 is 5.95 Å². The molecule has 0 unspecified atom stereocenters. The third-order valence-electron chi connectivity index (χ3n) is 3.07. The second-order valence-corrected chi connectivity index (χ2v) is 4.59. The van der Waals surface area contributed by atoms with E-state index in [1.807, 2.05) is 24.0 Å². The van der Waals surface area contributed by atoms with Gasteiger partial charge in [-0.3, -0.25) is 4.68 Å². The lowest BCUT2D eigenvalue weighted by Gasteiger charge is -2.21. The molecule has 2 aromatic heterocycles. The van der Waals surface area contributed by atoms with Crippen LogP contribution in [0.3, 0.4) is 0 Å². The van der Waals surface area contributed by atoms with Crippen LogP contribution in [0.5, 0.6) is 5.88 Å². The van der Waals surface area contributed by atoms with E-state index in [0.29, 0.717) is 11.8 Å². The molecule has 0 saturated heterocycles. The number of aryl methyl sites for hydroxylation is 1. The molecule has 2 rings (SSSR count). The minimum Gasteiger partial charge on any atom is -0.481 e. The van der Waals surface area contributed by atoms with Gasteiger partial charge in [0.05, 0.1) is 19.3 Å². The molecular formula is C13H19N5O. The van der Waals surface area contributed by atoms with Crippen molar-refractivity contribution in [1.82, 2.24) is 19.7 Å². The van der Waals surface area contributed by atoms with Gasteiger partial charge in [0, 0.05) is 24.5 Å². The average Bonchev–Trinajstić information content (AvgIpc) is 2.84. The number of hydrogen-bond acceptors (Lipinski definition) is 5. The molecule has 19 heavy (non-hydrogen) atoms. The second-order valence-electron chi connectivity index (χ2n) is 4.59. The molecule has 0 spiro atoms. The molecule has 0 bridgehead atoms. The Morgan fingerprint density at radius 2 is 2.16 bits per heavy atom. The summed E-state index contributed by atoms with van der Waals surface area (Å²) in [4.78, 5) is 8.42. The molecule has 2 heterocycles. The highest BCUT2D eigenvalue weighted by Crippen LogP contribution is 2.15. The van der Waals surface area contributed by atoms with Gasteiger partial charge in [-0.25, -0.2) is 4.98 Å². The van der Waals surface area contributed by atoms with E-state index in [4.69, 9.17) is 4.74 Å². The SMILES string of the molecule is COc1ccnc(N[C@@H](C)[C@@H](C)n2cc(C)cn2)n1. The van der Waals surface area contributed by atoms with E-state index in [2.05, 4.69) is 34.2 Å². The smallest absolute Gasteiger partial charge is 0.226 e. The van der Waals surface area contributed by atoms with Crippen molar-refractivity contribution in [1.29, 1.82) is 0 Å². The first kappa shape index (κ1) is 13.3. The Bertz CT molecular complexity index is 539. The molecule has 102 valence electrons. The van der Waals surface area contributed by atoms with Gasteiger partial charge in [0.2, 0.25) is 11.8 Å². The van der Waals surface area contributed by atoms with Gasteiger partial charge in [-0.05, 0) is 26.3 Å². The van der Waals surface area contributed by atoms with Gasteiger partial charge in [0.1, 0.15) is 0 Å². The number of nitrogens with zero attached hydrogens (tertiary/aromatic N) is 4. The van der Waals surface area contributed by atoms with Gasteiger partial charge in [-0.15, -0.1) is 0 Å². The Morgan fingerprint density at radius 1 is 1.37 bits per heavy atom. The number of aromatic nitrogens is 4. The Kier molecular flexibility index (Phi) is 3.99. The van der Waals surface area contributed by atoms with Crippen LogP contribution in [0.15, 0.2) is 24.7 Å². The lowest BCUT2D eigenvalue weighted by molar-refractivity contribution is 0.396. The summed E-state index contributed by atoms with van der Waals surface area (Å²) in [5, 5.41) is 7.58. The van der Waals surface area contributed by atoms with Crippen LogP contribution in [0.2, 0.25) is 0 Å². The Labute approximate surface area is 112 Å². The summed E-state index contributed by atoms with van der Waals surface area (Å²) in [5.74, 6) is 1.11. The van der Waals surface area contributed by atoms with Crippen LogP contribution < -0.4 is 10.1 Å². The van der Waals surface area contributed by atoms with Crippen LogP contribution in [0.4, 0.5) is 5.95 Å². The molecule has 0 amide bonds. The molecule has 2 aromatic rings. The van der Waals surface area contributed by atoms with E-state index < -0.39 is 0 Å². The molecule has 0 radical (unpaired) electrons. The Morgan fingerprint density at radius 3 is 2.79 bits per heavy atom.